The molecule has 0 spiro atoms. The molecule has 112 valence electrons. The largest absolute Gasteiger partial charge is 0.490 e. The second-order valence-corrected chi connectivity index (χ2v) is 7.75. The molecular weight excluding hydrogens is 346 g/mol. The highest BCUT2D eigenvalue weighted by Gasteiger charge is 2.24. The molecule has 1 fully saturated rings. The molecule has 1 aromatic carbocycles. The number of thiophene rings is 1. The van der Waals surface area contributed by atoms with Gasteiger partial charge >= 0.3 is 0 Å². The van der Waals surface area contributed by atoms with Crippen molar-refractivity contribution in [1.82, 2.24) is 5.32 Å². The van der Waals surface area contributed by atoms with Crippen LogP contribution in [-0.4, -0.2) is 12.6 Å². The SMILES string of the molecule is CCCNC(c1cccc(OC2CC2)c1)c1csc(Br)c1. The van der Waals surface area contributed by atoms with Gasteiger partial charge in [0, 0.05) is 0 Å². The van der Waals surface area contributed by atoms with Crippen LogP contribution < -0.4 is 10.1 Å². The Morgan fingerprint density at radius 1 is 1.33 bits per heavy atom. The van der Waals surface area contributed by atoms with E-state index in [4.69, 9.17) is 4.74 Å². The van der Waals surface area contributed by atoms with E-state index in [-0.39, 0.29) is 6.04 Å². The first-order chi connectivity index (χ1) is 10.3. The number of benzene rings is 1. The highest BCUT2D eigenvalue weighted by atomic mass is 79.9. The van der Waals surface area contributed by atoms with E-state index >= 15 is 0 Å². The maximum Gasteiger partial charge on any atom is 0.120 e. The number of halogens is 1. The smallest absolute Gasteiger partial charge is 0.120 e. The van der Waals surface area contributed by atoms with Crippen LogP contribution >= 0.6 is 27.3 Å². The van der Waals surface area contributed by atoms with E-state index in [1.165, 1.54) is 27.8 Å². The van der Waals surface area contributed by atoms with Gasteiger partial charge in [0.15, 0.2) is 0 Å². The molecule has 1 aromatic heterocycles. The van der Waals surface area contributed by atoms with Gasteiger partial charge in [-0.25, -0.2) is 0 Å². The van der Waals surface area contributed by atoms with Gasteiger partial charge in [-0.15, -0.1) is 11.3 Å². The first-order valence-corrected chi connectivity index (χ1v) is 9.17. The summed E-state index contributed by atoms with van der Waals surface area (Å²) in [6, 6.07) is 10.9. The van der Waals surface area contributed by atoms with Crippen molar-refractivity contribution in [3.8, 4) is 5.75 Å². The Labute approximate surface area is 138 Å². The Bertz CT molecular complexity index is 594. The number of nitrogens with one attached hydrogen (secondary N) is 1. The van der Waals surface area contributed by atoms with Crippen molar-refractivity contribution >= 4 is 27.3 Å². The lowest BCUT2D eigenvalue weighted by Crippen LogP contribution is -2.22. The molecule has 1 aliphatic carbocycles. The van der Waals surface area contributed by atoms with Crippen LogP contribution in [0.5, 0.6) is 5.75 Å². The van der Waals surface area contributed by atoms with Gasteiger partial charge in [-0.05, 0) is 76.4 Å². The zero-order valence-corrected chi connectivity index (χ0v) is 14.5. The molecule has 1 atom stereocenters. The zero-order valence-electron chi connectivity index (χ0n) is 12.1. The van der Waals surface area contributed by atoms with E-state index in [2.05, 4.69) is 63.9 Å². The van der Waals surface area contributed by atoms with Gasteiger partial charge < -0.3 is 10.1 Å². The summed E-state index contributed by atoms with van der Waals surface area (Å²) >= 11 is 5.29. The van der Waals surface area contributed by atoms with Crippen LogP contribution in [0, 0.1) is 0 Å². The predicted octanol–water partition coefficient (Wildman–Crippen LogP) is 5.14. The Morgan fingerprint density at radius 2 is 2.19 bits per heavy atom. The van der Waals surface area contributed by atoms with Crippen molar-refractivity contribution in [2.24, 2.45) is 0 Å². The van der Waals surface area contributed by atoms with Crippen molar-refractivity contribution in [2.75, 3.05) is 6.54 Å². The van der Waals surface area contributed by atoms with Crippen molar-refractivity contribution in [1.29, 1.82) is 0 Å². The first kappa shape index (κ1) is 15.1. The van der Waals surface area contributed by atoms with E-state index in [0.29, 0.717) is 6.10 Å². The quantitative estimate of drug-likeness (QED) is 0.733. The lowest BCUT2D eigenvalue weighted by Gasteiger charge is -2.19. The van der Waals surface area contributed by atoms with Crippen molar-refractivity contribution in [2.45, 2.75) is 38.3 Å². The topological polar surface area (TPSA) is 21.3 Å². The third kappa shape index (κ3) is 4.09. The normalized spacial score (nSPS) is 15.9. The lowest BCUT2D eigenvalue weighted by atomic mass is 10.0. The summed E-state index contributed by atoms with van der Waals surface area (Å²) in [7, 11) is 0. The highest BCUT2D eigenvalue weighted by Crippen LogP contribution is 2.32. The first-order valence-electron chi connectivity index (χ1n) is 7.50. The van der Waals surface area contributed by atoms with E-state index in [9.17, 15) is 0 Å². The van der Waals surface area contributed by atoms with Crippen molar-refractivity contribution in [3.05, 3.63) is 50.6 Å². The molecule has 21 heavy (non-hydrogen) atoms. The van der Waals surface area contributed by atoms with Crippen LogP contribution in [0.4, 0.5) is 0 Å². The van der Waals surface area contributed by atoms with E-state index in [1.54, 1.807) is 11.3 Å². The highest BCUT2D eigenvalue weighted by molar-refractivity contribution is 9.11. The van der Waals surface area contributed by atoms with Crippen LogP contribution in [0.1, 0.15) is 43.4 Å². The summed E-state index contributed by atoms with van der Waals surface area (Å²) < 4.78 is 7.10. The Morgan fingerprint density at radius 3 is 2.86 bits per heavy atom. The maximum absolute atomic E-state index is 5.93. The fraction of sp³-hybridized carbons (Fsp3) is 0.412. The second-order valence-electron chi connectivity index (χ2n) is 5.46. The average molecular weight is 366 g/mol. The van der Waals surface area contributed by atoms with Gasteiger partial charge in [0.05, 0.1) is 15.9 Å². The lowest BCUT2D eigenvalue weighted by molar-refractivity contribution is 0.302. The number of ether oxygens (including phenoxy) is 1. The molecule has 0 saturated heterocycles. The summed E-state index contributed by atoms with van der Waals surface area (Å²) in [5, 5.41) is 5.86. The Balaban J connectivity index is 1.83. The summed E-state index contributed by atoms with van der Waals surface area (Å²) in [5.41, 5.74) is 2.58. The van der Waals surface area contributed by atoms with Crippen LogP contribution in [0.25, 0.3) is 0 Å². The molecule has 0 bridgehead atoms. The van der Waals surface area contributed by atoms with Gasteiger partial charge in [-0.2, -0.15) is 0 Å². The van der Waals surface area contributed by atoms with Gasteiger partial charge in [-0.1, -0.05) is 19.1 Å². The van der Waals surface area contributed by atoms with Crippen molar-refractivity contribution in [3.63, 3.8) is 0 Å². The molecule has 0 amide bonds. The monoisotopic (exact) mass is 365 g/mol. The van der Waals surface area contributed by atoms with Crippen LogP contribution in [-0.2, 0) is 0 Å². The zero-order chi connectivity index (χ0) is 14.7. The van der Waals surface area contributed by atoms with Crippen molar-refractivity contribution < 1.29 is 4.74 Å². The van der Waals surface area contributed by atoms with Gasteiger partial charge in [0.2, 0.25) is 0 Å². The molecule has 0 aliphatic heterocycles. The maximum atomic E-state index is 5.93. The molecule has 1 unspecified atom stereocenters. The molecule has 4 heteroatoms. The summed E-state index contributed by atoms with van der Waals surface area (Å²) in [4.78, 5) is 0. The van der Waals surface area contributed by atoms with Crippen LogP contribution in [0.15, 0.2) is 39.5 Å². The minimum absolute atomic E-state index is 0.232. The molecule has 2 nitrogen and oxygen atoms in total. The number of rotatable bonds is 7. The van der Waals surface area contributed by atoms with E-state index < -0.39 is 0 Å². The number of hydrogen-bond donors (Lipinski definition) is 1. The molecule has 1 N–H and O–H groups in total. The third-order valence-corrected chi connectivity index (χ3v) is 5.06. The summed E-state index contributed by atoms with van der Waals surface area (Å²) in [6.07, 6.45) is 3.95. The standard InChI is InChI=1S/C17H20BrNOS/c1-2-8-19-17(13-10-16(18)21-11-13)12-4-3-5-15(9-12)20-14-6-7-14/h3-5,9-11,14,17,19H,2,6-8H2,1H3. The van der Waals surface area contributed by atoms with Gasteiger partial charge in [0.1, 0.15) is 5.75 Å². The predicted molar refractivity (Wildman–Crippen MR) is 92.2 cm³/mol. The molecule has 1 saturated carbocycles. The minimum atomic E-state index is 0.232. The number of hydrogen-bond acceptors (Lipinski definition) is 3. The Hall–Kier alpha value is -0.840. The van der Waals surface area contributed by atoms with E-state index in [1.807, 2.05) is 0 Å². The minimum Gasteiger partial charge on any atom is -0.490 e. The molecule has 2 aromatic rings. The fourth-order valence-electron chi connectivity index (χ4n) is 2.34. The molecule has 3 rings (SSSR count). The van der Waals surface area contributed by atoms with Crippen LogP contribution in [0.3, 0.4) is 0 Å². The molecule has 0 radical (unpaired) electrons. The van der Waals surface area contributed by atoms with Gasteiger partial charge in [-0.3, -0.25) is 0 Å². The third-order valence-electron chi connectivity index (χ3n) is 3.54. The molecule has 1 aliphatic rings. The molecular formula is C17H20BrNOS. The summed E-state index contributed by atoms with van der Waals surface area (Å²) in [5.74, 6) is 0.993. The van der Waals surface area contributed by atoms with Crippen LogP contribution in [0.2, 0.25) is 0 Å². The Kier molecular flexibility index (Phi) is 4.99. The fourth-order valence-corrected chi connectivity index (χ4v) is 3.54. The van der Waals surface area contributed by atoms with Gasteiger partial charge in [0.25, 0.3) is 0 Å². The second kappa shape index (κ2) is 6.95. The average Bonchev–Trinajstić information content (AvgIpc) is 3.19. The van der Waals surface area contributed by atoms with E-state index in [0.717, 1.165) is 18.7 Å². The summed E-state index contributed by atoms with van der Waals surface area (Å²) in [6.45, 7) is 3.20. The molecule has 1 heterocycles.